The molecule has 0 spiro atoms. The number of rotatable bonds is 3. The predicted molar refractivity (Wildman–Crippen MR) is 75.4 cm³/mol. The average Bonchev–Trinajstić information content (AvgIpc) is 2.78. The maximum absolute atomic E-state index is 10.8. The van der Waals surface area contributed by atoms with E-state index in [2.05, 4.69) is 21.0 Å². The van der Waals surface area contributed by atoms with Gasteiger partial charge in [-0.25, -0.2) is 0 Å². The third-order valence-electron chi connectivity index (χ3n) is 3.04. The molecule has 0 amide bonds. The summed E-state index contributed by atoms with van der Waals surface area (Å²) < 4.78 is 2.80. The second-order valence-corrected chi connectivity index (χ2v) is 5.75. The van der Waals surface area contributed by atoms with Gasteiger partial charge in [0, 0.05) is 16.7 Å². The van der Waals surface area contributed by atoms with Gasteiger partial charge in [0.1, 0.15) is 5.60 Å². The van der Waals surface area contributed by atoms with Crippen LogP contribution < -0.4 is 0 Å². The van der Waals surface area contributed by atoms with Gasteiger partial charge in [0.15, 0.2) is 0 Å². The van der Waals surface area contributed by atoms with Crippen molar-refractivity contribution in [1.82, 2.24) is 9.78 Å². The van der Waals surface area contributed by atoms with Gasteiger partial charge in [-0.2, -0.15) is 5.10 Å². The first-order chi connectivity index (χ1) is 8.43. The van der Waals surface area contributed by atoms with Crippen molar-refractivity contribution in [3.63, 3.8) is 0 Å². The Kier molecular flexibility index (Phi) is 3.59. The summed E-state index contributed by atoms with van der Waals surface area (Å²) in [6, 6.07) is 9.79. The number of hydrogen-bond acceptors (Lipinski definition) is 2. The van der Waals surface area contributed by atoms with E-state index in [4.69, 9.17) is 0 Å². The first kappa shape index (κ1) is 13.3. The summed E-state index contributed by atoms with van der Waals surface area (Å²) in [4.78, 5) is 0. The molecule has 3 nitrogen and oxygen atoms in total. The summed E-state index contributed by atoms with van der Waals surface area (Å²) in [5.74, 6) is 0. The molecule has 1 N–H and O–H groups in total. The van der Waals surface area contributed by atoms with Gasteiger partial charge in [0.25, 0.3) is 0 Å². The van der Waals surface area contributed by atoms with Crippen molar-refractivity contribution in [3.8, 4) is 0 Å². The number of halogens is 1. The van der Waals surface area contributed by atoms with Crippen LogP contribution in [0.15, 0.2) is 41.0 Å². The molecule has 1 heterocycles. The molecule has 1 atom stereocenters. The van der Waals surface area contributed by atoms with Gasteiger partial charge in [-0.3, -0.25) is 4.68 Å². The zero-order chi connectivity index (χ0) is 13.3. The molecule has 0 aliphatic rings. The van der Waals surface area contributed by atoms with Crippen molar-refractivity contribution in [2.45, 2.75) is 32.4 Å². The molecule has 0 bridgehead atoms. The minimum Gasteiger partial charge on any atom is -0.379 e. The molecule has 96 valence electrons. The van der Waals surface area contributed by atoms with Crippen LogP contribution >= 0.6 is 15.9 Å². The molecule has 0 saturated carbocycles. The molecular weight excluding hydrogens is 292 g/mol. The molecular formula is C14H17BrN2O. The van der Waals surface area contributed by atoms with Crippen LogP contribution in [0.1, 0.15) is 38.1 Å². The first-order valence-corrected chi connectivity index (χ1v) is 6.74. The van der Waals surface area contributed by atoms with Gasteiger partial charge >= 0.3 is 0 Å². The zero-order valence-electron chi connectivity index (χ0n) is 10.8. The Balaban J connectivity index is 2.50. The smallest absolute Gasteiger partial charge is 0.128 e. The van der Waals surface area contributed by atoms with Crippen molar-refractivity contribution >= 4 is 15.9 Å². The standard InChI is InChI=1S/C14H17BrN2O/c1-10(2)17-13(7-8-16-17)14(3,18)11-5-4-6-12(15)9-11/h4-10,18H,1-3H3. The molecule has 0 saturated heterocycles. The van der Waals surface area contributed by atoms with Crippen molar-refractivity contribution in [1.29, 1.82) is 0 Å². The van der Waals surface area contributed by atoms with Crippen molar-refractivity contribution in [2.75, 3.05) is 0 Å². The Morgan fingerprint density at radius 1 is 1.33 bits per heavy atom. The van der Waals surface area contributed by atoms with Crippen LogP contribution in [0.4, 0.5) is 0 Å². The van der Waals surface area contributed by atoms with E-state index >= 15 is 0 Å². The average molecular weight is 309 g/mol. The number of hydrogen-bond donors (Lipinski definition) is 1. The first-order valence-electron chi connectivity index (χ1n) is 5.95. The van der Waals surface area contributed by atoms with Crippen LogP contribution in [0, 0.1) is 0 Å². The Hall–Kier alpha value is -1.13. The Morgan fingerprint density at radius 2 is 2.06 bits per heavy atom. The quantitative estimate of drug-likeness (QED) is 0.942. The van der Waals surface area contributed by atoms with Crippen LogP contribution in [0.5, 0.6) is 0 Å². The normalized spacial score (nSPS) is 14.8. The number of aliphatic hydroxyl groups is 1. The molecule has 1 unspecified atom stereocenters. The molecule has 0 aliphatic heterocycles. The summed E-state index contributed by atoms with van der Waals surface area (Å²) in [6.45, 7) is 5.89. The Bertz CT molecular complexity index is 546. The molecule has 4 heteroatoms. The summed E-state index contributed by atoms with van der Waals surface area (Å²) in [5, 5.41) is 15.1. The highest BCUT2D eigenvalue weighted by Crippen LogP contribution is 2.31. The lowest BCUT2D eigenvalue weighted by Gasteiger charge is -2.26. The molecule has 18 heavy (non-hydrogen) atoms. The van der Waals surface area contributed by atoms with E-state index in [1.54, 1.807) is 13.1 Å². The van der Waals surface area contributed by atoms with E-state index in [0.29, 0.717) is 0 Å². The molecule has 0 aliphatic carbocycles. The fourth-order valence-corrected chi connectivity index (χ4v) is 2.45. The van der Waals surface area contributed by atoms with Gasteiger partial charge < -0.3 is 5.11 Å². The Morgan fingerprint density at radius 3 is 2.67 bits per heavy atom. The predicted octanol–water partition coefficient (Wildman–Crippen LogP) is 3.48. The number of nitrogens with zero attached hydrogens (tertiary/aromatic N) is 2. The minimum absolute atomic E-state index is 0.216. The van der Waals surface area contributed by atoms with Crippen molar-refractivity contribution in [2.24, 2.45) is 0 Å². The van der Waals surface area contributed by atoms with E-state index < -0.39 is 5.60 Å². The van der Waals surface area contributed by atoms with Crippen molar-refractivity contribution < 1.29 is 5.11 Å². The zero-order valence-corrected chi connectivity index (χ0v) is 12.3. The van der Waals surface area contributed by atoms with E-state index in [-0.39, 0.29) is 6.04 Å². The van der Waals surface area contributed by atoms with E-state index in [0.717, 1.165) is 15.7 Å². The highest BCUT2D eigenvalue weighted by atomic mass is 79.9. The van der Waals surface area contributed by atoms with Crippen LogP contribution in [-0.2, 0) is 5.60 Å². The summed E-state index contributed by atoms with van der Waals surface area (Å²) in [7, 11) is 0. The molecule has 1 aromatic heterocycles. The highest BCUT2D eigenvalue weighted by Gasteiger charge is 2.30. The van der Waals surface area contributed by atoms with Crippen LogP contribution in [-0.4, -0.2) is 14.9 Å². The van der Waals surface area contributed by atoms with Gasteiger partial charge in [-0.15, -0.1) is 0 Å². The maximum Gasteiger partial charge on any atom is 0.128 e. The number of aromatic nitrogens is 2. The molecule has 0 fully saturated rings. The highest BCUT2D eigenvalue weighted by molar-refractivity contribution is 9.10. The van der Waals surface area contributed by atoms with Crippen LogP contribution in [0.2, 0.25) is 0 Å². The van der Waals surface area contributed by atoms with E-state index in [9.17, 15) is 5.11 Å². The second kappa shape index (κ2) is 4.86. The fourth-order valence-electron chi connectivity index (χ4n) is 2.05. The lowest BCUT2D eigenvalue weighted by molar-refractivity contribution is 0.0899. The van der Waals surface area contributed by atoms with Gasteiger partial charge in [0.05, 0.1) is 5.69 Å². The SMILES string of the molecule is CC(C)n1nccc1C(C)(O)c1cccc(Br)c1. The number of benzene rings is 1. The van der Waals surface area contributed by atoms with Gasteiger partial charge in [-0.1, -0.05) is 28.1 Å². The summed E-state index contributed by atoms with van der Waals surface area (Å²) >= 11 is 3.43. The molecule has 2 aromatic rings. The fraction of sp³-hybridized carbons (Fsp3) is 0.357. The summed E-state index contributed by atoms with van der Waals surface area (Å²) in [6.07, 6.45) is 1.72. The lowest BCUT2D eigenvalue weighted by atomic mass is 9.92. The summed E-state index contributed by atoms with van der Waals surface area (Å²) in [5.41, 5.74) is 0.597. The Labute approximate surface area is 116 Å². The molecule has 2 rings (SSSR count). The molecule has 1 aromatic carbocycles. The third-order valence-corrected chi connectivity index (χ3v) is 3.54. The topological polar surface area (TPSA) is 38.0 Å². The van der Waals surface area contributed by atoms with Crippen LogP contribution in [0.3, 0.4) is 0 Å². The van der Waals surface area contributed by atoms with Gasteiger partial charge in [-0.05, 0) is 44.5 Å². The largest absolute Gasteiger partial charge is 0.379 e. The van der Waals surface area contributed by atoms with E-state index in [1.165, 1.54) is 0 Å². The van der Waals surface area contributed by atoms with Gasteiger partial charge in [0.2, 0.25) is 0 Å². The van der Waals surface area contributed by atoms with Crippen LogP contribution in [0.25, 0.3) is 0 Å². The molecule has 0 radical (unpaired) electrons. The van der Waals surface area contributed by atoms with E-state index in [1.807, 2.05) is 48.9 Å². The lowest BCUT2D eigenvalue weighted by Crippen LogP contribution is -2.27. The third kappa shape index (κ3) is 2.35. The van der Waals surface area contributed by atoms with Crippen molar-refractivity contribution in [3.05, 3.63) is 52.3 Å². The second-order valence-electron chi connectivity index (χ2n) is 4.84. The minimum atomic E-state index is -1.05. The monoisotopic (exact) mass is 308 g/mol. The maximum atomic E-state index is 10.8.